The van der Waals surface area contributed by atoms with E-state index in [9.17, 15) is 17.6 Å². The number of ether oxygens (including phenoxy) is 2. The predicted molar refractivity (Wildman–Crippen MR) is 103 cm³/mol. The molecule has 1 amide bonds. The Hall–Kier alpha value is -2.49. The fraction of sp³-hybridized carbons (Fsp3) is 0.350. The van der Waals surface area contributed by atoms with E-state index in [1.165, 1.54) is 24.3 Å². The molecule has 2 aliphatic rings. The molecular formula is C20H21FN2O5S. The molecule has 4 rings (SSSR count). The summed E-state index contributed by atoms with van der Waals surface area (Å²) < 4.78 is 51.5. The van der Waals surface area contributed by atoms with Gasteiger partial charge in [0.15, 0.2) is 5.79 Å². The standard InChI is InChI=1S/C20H21FN2O5S/c21-16-3-7-18(8-4-16)29(25,26)22-17-5-1-15(2-6-17)19(24)23-11-9-20(10-12-23)27-13-14-28-20/h1-8,22H,9-14H2. The summed E-state index contributed by atoms with van der Waals surface area (Å²) in [5.41, 5.74) is 0.787. The van der Waals surface area contributed by atoms with Crippen molar-refractivity contribution in [3.05, 3.63) is 59.9 Å². The molecule has 2 aromatic rings. The van der Waals surface area contributed by atoms with Crippen molar-refractivity contribution < 1.29 is 27.1 Å². The lowest BCUT2D eigenvalue weighted by atomic mass is 10.0. The highest BCUT2D eigenvalue weighted by Gasteiger charge is 2.40. The number of hydrogen-bond donors (Lipinski definition) is 1. The van der Waals surface area contributed by atoms with Crippen molar-refractivity contribution in [1.29, 1.82) is 0 Å². The number of sulfonamides is 1. The molecular weight excluding hydrogens is 399 g/mol. The summed E-state index contributed by atoms with van der Waals surface area (Å²) in [5.74, 6) is -1.17. The van der Waals surface area contributed by atoms with Crippen molar-refractivity contribution in [2.24, 2.45) is 0 Å². The number of carbonyl (C=O) groups excluding carboxylic acids is 1. The summed E-state index contributed by atoms with van der Waals surface area (Å²) in [6.07, 6.45) is 1.27. The van der Waals surface area contributed by atoms with Crippen LogP contribution in [-0.4, -0.2) is 51.3 Å². The molecule has 1 spiro atoms. The summed E-state index contributed by atoms with van der Waals surface area (Å²) in [5, 5.41) is 0. The third-order valence-corrected chi connectivity index (χ3v) is 6.53. The Bertz CT molecular complexity index is 977. The van der Waals surface area contributed by atoms with Crippen LogP contribution in [0.4, 0.5) is 10.1 Å². The second-order valence-corrected chi connectivity index (χ2v) is 8.72. The van der Waals surface area contributed by atoms with Crippen LogP contribution in [0.15, 0.2) is 53.4 Å². The van der Waals surface area contributed by atoms with E-state index < -0.39 is 21.6 Å². The van der Waals surface area contributed by atoms with Crippen molar-refractivity contribution in [3.63, 3.8) is 0 Å². The first kappa shape index (κ1) is 19.8. The number of hydrogen-bond acceptors (Lipinski definition) is 5. The van der Waals surface area contributed by atoms with Crippen LogP contribution in [0.3, 0.4) is 0 Å². The first-order valence-electron chi connectivity index (χ1n) is 9.33. The zero-order chi connectivity index (χ0) is 20.5. The number of likely N-dealkylation sites (tertiary alicyclic amines) is 1. The van der Waals surface area contributed by atoms with Crippen molar-refractivity contribution in [1.82, 2.24) is 4.90 Å². The largest absolute Gasteiger partial charge is 0.347 e. The van der Waals surface area contributed by atoms with Gasteiger partial charge in [-0.25, -0.2) is 12.8 Å². The van der Waals surface area contributed by atoms with Gasteiger partial charge in [-0.1, -0.05) is 0 Å². The van der Waals surface area contributed by atoms with E-state index in [1.54, 1.807) is 17.0 Å². The number of carbonyl (C=O) groups is 1. The lowest BCUT2D eigenvalue weighted by Gasteiger charge is -2.37. The maximum absolute atomic E-state index is 13.0. The molecule has 1 N–H and O–H groups in total. The first-order valence-corrected chi connectivity index (χ1v) is 10.8. The minimum atomic E-state index is -3.84. The molecule has 0 bridgehead atoms. The average Bonchev–Trinajstić information content (AvgIpc) is 3.17. The molecule has 0 radical (unpaired) electrons. The van der Waals surface area contributed by atoms with Crippen LogP contribution in [0.2, 0.25) is 0 Å². The fourth-order valence-electron chi connectivity index (χ4n) is 3.53. The molecule has 2 heterocycles. The van der Waals surface area contributed by atoms with E-state index in [1.807, 2.05) is 0 Å². The molecule has 2 saturated heterocycles. The average molecular weight is 420 g/mol. The minimum Gasteiger partial charge on any atom is -0.347 e. The Kier molecular flexibility index (Phi) is 5.28. The Morgan fingerprint density at radius 2 is 1.55 bits per heavy atom. The normalized spacial score (nSPS) is 18.7. The van der Waals surface area contributed by atoms with E-state index in [-0.39, 0.29) is 10.8 Å². The topological polar surface area (TPSA) is 84.9 Å². The summed E-state index contributed by atoms with van der Waals surface area (Å²) in [7, 11) is -3.84. The highest BCUT2D eigenvalue weighted by molar-refractivity contribution is 7.92. The molecule has 154 valence electrons. The van der Waals surface area contributed by atoms with Gasteiger partial charge in [0.25, 0.3) is 15.9 Å². The maximum atomic E-state index is 13.0. The van der Waals surface area contributed by atoms with Crippen LogP contribution in [0.5, 0.6) is 0 Å². The number of anilines is 1. The Morgan fingerprint density at radius 3 is 2.14 bits per heavy atom. The summed E-state index contributed by atoms with van der Waals surface area (Å²) in [6.45, 7) is 2.25. The van der Waals surface area contributed by atoms with Gasteiger partial charge in [-0.05, 0) is 48.5 Å². The lowest BCUT2D eigenvalue weighted by Crippen LogP contribution is -2.47. The number of amides is 1. The predicted octanol–water partition coefficient (Wildman–Crippen LogP) is 2.61. The zero-order valence-corrected chi connectivity index (χ0v) is 16.5. The summed E-state index contributed by atoms with van der Waals surface area (Å²) in [4.78, 5) is 14.4. The number of halogens is 1. The van der Waals surface area contributed by atoms with Crippen molar-refractivity contribution in [3.8, 4) is 0 Å². The van der Waals surface area contributed by atoms with Crippen LogP contribution in [0.25, 0.3) is 0 Å². The second-order valence-electron chi connectivity index (χ2n) is 7.04. The molecule has 7 nitrogen and oxygen atoms in total. The monoisotopic (exact) mass is 420 g/mol. The van der Waals surface area contributed by atoms with Crippen molar-refractivity contribution >= 4 is 21.6 Å². The maximum Gasteiger partial charge on any atom is 0.261 e. The fourth-order valence-corrected chi connectivity index (χ4v) is 4.59. The molecule has 2 fully saturated rings. The van der Waals surface area contributed by atoms with Crippen LogP contribution in [0.1, 0.15) is 23.2 Å². The molecule has 0 aromatic heterocycles. The van der Waals surface area contributed by atoms with Gasteiger partial charge in [-0.3, -0.25) is 9.52 Å². The van der Waals surface area contributed by atoms with Gasteiger partial charge < -0.3 is 14.4 Å². The quantitative estimate of drug-likeness (QED) is 0.822. The van der Waals surface area contributed by atoms with Gasteiger partial charge >= 0.3 is 0 Å². The van der Waals surface area contributed by atoms with Gasteiger partial charge in [-0.2, -0.15) is 0 Å². The van der Waals surface area contributed by atoms with Gasteiger partial charge in [0.2, 0.25) is 0 Å². The highest BCUT2D eigenvalue weighted by Crippen LogP contribution is 2.31. The number of piperidine rings is 1. The van der Waals surface area contributed by atoms with E-state index in [0.29, 0.717) is 50.4 Å². The Morgan fingerprint density at radius 1 is 0.966 bits per heavy atom. The number of nitrogens with one attached hydrogen (secondary N) is 1. The minimum absolute atomic E-state index is 0.0438. The van der Waals surface area contributed by atoms with E-state index in [0.717, 1.165) is 12.1 Å². The Balaban J connectivity index is 1.40. The molecule has 9 heteroatoms. The van der Waals surface area contributed by atoms with Crippen molar-refractivity contribution in [2.75, 3.05) is 31.0 Å². The van der Waals surface area contributed by atoms with Crippen LogP contribution < -0.4 is 4.72 Å². The Labute approximate surface area is 168 Å². The van der Waals surface area contributed by atoms with Crippen LogP contribution in [0, 0.1) is 5.82 Å². The number of rotatable bonds is 4. The molecule has 2 aromatic carbocycles. The molecule has 2 aliphatic heterocycles. The smallest absolute Gasteiger partial charge is 0.261 e. The molecule has 0 saturated carbocycles. The van der Waals surface area contributed by atoms with E-state index in [2.05, 4.69) is 4.72 Å². The van der Waals surface area contributed by atoms with E-state index >= 15 is 0 Å². The highest BCUT2D eigenvalue weighted by atomic mass is 32.2. The van der Waals surface area contributed by atoms with Gasteiger partial charge in [0.1, 0.15) is 5.82 Å². The van der Waals surface area contributed by atoms with Gasteiger partial charge in [-0.15, -0.1) is 0 Å². The summed E-state index contributed by atoms with van der Waals surface area (Å²) >= 11 is 0. The second kappa shape index (κ2) is 7.74. The first-order chi connectivity index (χ1) is 13.9. The molecule has 0 aliphatic carbocycles. The number of benzene rings is 2. The number of nitrogens with zero attached hydrogens (tertiary/aromatic N) is 1. The lowest BCUT2D eigenvalue weighted by molar-refractivity contribution is -0.181. The van der Waals surface area contributed by atoms with Gasteiger partial charge in [0, 0.05) is 37.2 Å². The third kappa shape index (κ3) is 4.26. The van der Waals surface area contributed by atoms with Crippen LogP contribution in [-0.2, 0) is 19.5 Å². The molecule has 0 atom stereocenters. The van der Waals surface area contributed by atoms with E-state index in [4.69, 9.17) is 9.47 Å². The van der Waals surface area contributed by atoms with Crippen LogP contribution >= 0.6 is 0 Å². The summed E-state index contributed by atoms with van der Waals surface area (Å²) in [6, 6.07) is 10.8. The zero-order valence-electron chi connectivity index (χ0n) is 15.6. The van der Waals surface area contributed by atoms with Gasteiger partial charge in [0.05, 0.1) is 18.1 Å². The third-order valence-electron chi connectivity index (χ3n) is 5.13. The van der Waals surface area contributed by atoms with Crippen molar-refractivity contribution in [2.45, 2.75) is 23.5 Å². The SMILES string of the molecule is O=C(c1ccc(NS(=O)(=O)c2ccc(F)cc2)cc1)N1CCC2(CC1)OCCO2. The molecule has 0 unspecified atom stereocenters. The molecule has 29 heavy (non-hydrogen) atoms.